The number of phosphoric ester groups is 1. The van der Waals surface area contributed by atoms with E-state index >= 15 is 0 Å². The lowest BCUT2D eigenvalue weighted by atomic mass is 9.47. The standard InChI is InChI=1S/C60H101O8P/c1-44(2)26-25-27-45(3)52-31-32-53-51-30-29-49-41-50(33-35-59(49,8)54(51)34-36-60(52,53)9)68-69(65,66)67-37-24-22-20-18-16-14-12-10-11-13-15-17-19-21-23-28-46-38-47(42-57(4,5)55(61)62)40-48(39-46)43-58(6,7)56(63)64/h29,38-40,44-45,50-54H,10-28,30-37,41-43H2,1-9H3,(H,61,62)(H,63,64)(H,65,66)/t45?,50-,51?,52?,53?,54?,59+,60-/m1/s1. The highest BCUT2D eigenvalue weighted by Crippen LogP contribution is 2.68. The van der Waals surface area contributed by atoms with Crippen LogP contribution >= 0.6 is 7.82 Å². The molecule has 0 bridgehead atoms. The van der Waals surface area contributed by atoms with Crippen LogP contribution in [0.25, 0.3) is 0 Å². The normalized spacial score (nSPS) is 27.3. The number of rotatable bonds is 32. The third-order valence-corrected chi connectivity index (χ3v) is 19.5. The summed E-state index contributed by atoms with van der Waals surface area (Å²) in [5, 5.41) is 19.4. The molecule has 1 aromatic carbocycles. The number of unbranched alkanes of at least 4 members (excludes halogenated alkanes) is 14. The molecule has 4 aliphatic carbocycles. The summed E-state index contributed by atoms with van der Waals surface area (Å²) in [5.41, 5.74) is 3.50. The van der Waals surface area contributed by atoms with E-state index in [0.29, 0.717) is 18.3 Å². The topological polar surface area (TPSA) is 130 Å². The first-order valence-electron chi connectivity index (χ1n) is 28.5. The van der Waals surface area contributed by atoms with Gasteiger partial charge in [-0.2, -0.15) is 0 Å². The molecule has 0 amide bonds. The maximum atomic E-state index is 13.1. The van der Waals surface area contributed by atoms with E-state index in [-0.39, 0.29) is 18.1 Å². The molecule has 3 N–H and O–H groups in total. The van der Waals surface area contributed by atoms with Gasteiger partial charge in [-0.05, 0) is 174 Å². The van der Waals surface area contributed by atoms with Gasteiger partial charge in [0.2, 0.25) is 0 Å². The molecule has 0 spiro atoms. The first kappa shape index (κ1) is 57.9. The maximum Gasteiger partial charge on any atom is 0.472 e. The van der Waals surface area contributed by atoms with E-state index in [4.69, 9.17) is 9.05 Å². The molecule has 0 saturated heterocycles. The Hall–Kier alpha value is -1.99. The molecule has 0 aliphatic heterocycles. The molecule has 1 aromatic rings. The summed E-state index contributed by atoms with van der Waals surface area (Å²) < 4.78 is 24.5. The predicted octanol–water partition coefficient (Wildman–Crippen LogP) is 16.9. The Kier molecular flexibility index (Phi) is 22.1. The zero-order valence-corrected chi connectivity index (χ0v) is 46.3. The van der Waals surface area contributed by atoms with Crippen molar-refractivity contribution in [1.29, 1.82) is 0 Å². The minimum absolute atomic E-state index is 0.191. The summed E-state index contributed by atoms with van der Waals surface area (Å²) in [4.78, 5) is 34.3. The van der Waals surface area contributed by atoms with Gasteiger partial charge in [-0.25, -0.2) is 4.57 Å². The zero-order valence-electron chi connectivity index (χ0n) is 45.4. The Morgan fingerprint density at radius 3 is 1.74 bits per heavy atom. The van der Waals surface area contributed by atoms with Crippen LogP contribution < -0.4 is 0 Å². The number of aryl methyl sites for hydroxylation is 1. The fraction of sp³-hybridized carbons (Fsp3) is 0.833. The number of benzene rings is 1. The van der Waals surface area contributed by atoms with E-state index in [2.05, 4.69) is 52.8 Å². The van der Waals surface area contributed by atoms with Gasteiger partial charge in [0.05, 0.1) is 23.5 Å². The number of carboxylic acid groups (broad SMARTS) is 2. The highest BCUT2D eigenvalue weighted by atomic mass is 31.2. The maximum absolute atomic E-state index is 13.1. The minimum atomic E-state index is -4.09. The molecule has 4 aliphatic rings. The number of phosphoric acid groups is 1. The lowest BCUT2D eigenvalue weighted by molar-refractivity contribution is -0.147. The summed E-state index contributed by atoms with van der Waals surface area (Å²) in [6, 6.07) is 6.25. The SMILES string of the molecule is CC(C)CCCC(C)C1CCC2C3CC=C4C[C@H](OP(=O)(O)OCCCCCCCCCCCCCCCCCc5cc(CC(C)(C)C(=O)O)cc(CC(C)(C)C(=O)O)c5)CC[C@]4(C)C3CC[C@]12C. The van der Waals surface area contributed by atoms with Crippen LogP contribution in [0.15, 0.2) is 29.8 Å². The lowest BCUT2D eigenvalue weighted by Crippen LogP contribution is -2.51. The van der Waals surface area contributed by atoms with Crippen molar-refractivity contribution in [1.82, 2.24) is 0 Å². The first-order valence-corrected chi connectivity index (χ1v) is 30.0. The smallest absolute Gasteiger partial charge is 0.472 e. The largest absolute Gasteiger partial charge is 0.481 e. The molecule has 3 fully saturated rings. The van der Waals surface area contributed by atoms with Crippen molar-refractivity contribution in [2.75, 3.05) is 6.61 Å². The average Bonchev–Trinajstić information content (AvgIpc) is 3.62. The van der Waals surface area contributed by atoms with Crippen molar-refractivity contribution in [3.63, 3.8) is 0 Å². The molecule has 9 atom stereocenters. The molecule has 0 radical (unpaired) electrons. The van der Waals surface area contributed by atoms with E-state index in [1.54, 1.807) is 27.7 Å². The van der Waals surface area contributed by atoms with Gasteiger partial charge in [0.15, 0.2) is 0 Å². The number of carbonyl (C=O) groups is 2. The van der Waals surface area contributed by atoms with Gasteiger partial charge < -0.3 is 15.1 Å². The van der Waals surface area contributed by atoms with Crippen LogP contribution in [0, 0.1) is 57.2 Å². The number of hydrogen-bond acceptors (Lipinski definition) is 5. The second-order valence-electron chi connectivity index (χ2n) is 25.5. The Morgan fingerprint density at radius 2 is 1.20 bits per heavy atom. The van der Waals surface area contributed by atoms with Crippen LogP contribution in [0.1, 0.15) is 246 Å². The van der Waals surface area contributed by atoms with Gasteiger partial charge in [-0.1, -0.05) is 167 Å². The van der Waals surface area contributed by atoms with Crippen LogP contribution in [0.5, 0.6) is 0 Å². The molecule has 9 heteroatoms. The van der Waals surface area contributed by atoms with Gasteiger partial charge in [0.25, 0.3) is 0 Å². The van der Waals surface area contributed by atoms with Crippen molar-refractivity contribution in [3.8, 4) is 0 Å². The van der Waals surface area contributed by atoms with E-state index in [0.717, 1.165) is 104 Å². The van der Waals surface area contributed by atoms with Crippen LogP contribution in [-0.4, -0.2) is 39.8 Å². The quantitative estimate of drug-likeness (QED) is 0.0370. The van der Waals surface area contributed by atoms with Crippen molar-refractivity contribution >= 4 is 19.8 Å². The molecule has 6 unspecified atom stereocenters. The Labute approximate surface area is 421 Å². The Balaban J connectivity index is 0.871. The number of hydrogen-bond donors (Lipinski definition) is 3. The molecule has 69 heavy (non-hydrogen) atoms. The third-order valence-electron chi connectivity index (χ3n) is 18.5. The van der Waals surface area contributed by atoms with E-state index in [1.165, 1.54) is 127 Å². The number of aliphatic carboxylic acids is 2. The van der Waals surface area contributed by atoms with Crippen molar-refractivity contribution in [2.45, 2.75) is 255 Å². The highest BCUT2D eigenvalue weighted by Gasteiger charge is 2.59. The van der Waals surface area contributed by atoms with Crippen molar-refractivity contribution in [2.24, 2.45) is 57.2 Å². The summed E-state index contributed by atoms with van der Waals surface area (Å²) in [6.45, 7) is 19.7. The molecular weight excluding hydrogens is 880 g/mol. The van der Waals surface area contributed by atoms with E-state index in [1.807, 2.05) is 6.07 Å². The fourth-order valence-electron chi connectivity index (χ4n) is 14.2. The fourth-order valence-corrected chi connectivity index (χ4v) is 15.2. The second-order valence-corrected chi connectivity index (χ2v) is 26.9. The molecule has 5 rings (SSSR count). The highest BCUT2D eigenvalue weighted by molar-refractivity contribution is 7.47. The summed E-state index contributed by atoms with van der Waals surface area (Å²) in [6.07, 6.45) is 35.4. The molecule has 0 aromatic heterocycles. The number of carboxylic acids is 2. The molecule has 0 heterocycles. The Morgan fingerprint density at radius 1 is 0.681 bits per heavy atom. The van der Waals surface area contributed by atoms with Gasteiger partial charge in [0.1, 0.15) is 0 Å². The van der Waals surface area contributed by atoms with Crippen LogP contribution in [0.4, 0.5) is 0 Å². The van der Waals surface area contributed by atoms with Crippen LogP contribution in [0.2, 0.25) is 0 Å². The number of allylic oxidation sites excluding steroid dienone is 1. The van der Waals surface area contributed by atoms with Gasteiger partial charge in [-0.3, -0.25) is 18.6 Å². The predicted molar refractivity (Wildman–Crippen MR) is 283 cm³/mol. The van der Waals surface area contributed by atoms with Crippen LogP contribution in [0.3, 0.4) is 0 Å². The monoisotopic (exact) mass is 981 g/mol. The Bertz CT molecular complexity index is 1800. The van der Waals surface area contributed by atoms with Gasteiger partial charge in [0, 0.05) is 0 Å². The van der Waals surface area contributed by atoms with Gasteiger partial charge in [-0.15, -0.1) is 0 Å². The van der Waals surface area contributed by atoms with E-state index < -0.39 is 30.6 Å². The number of fused-ring (bicyclic) bond motifs is 5. The lowest BCUT2D eigenvalue weighted by Gasteiger charge is -2.58. The third kappa shape index (κ3) is 16.8. The minimum Gasteiger partial charge on any atom is -0.481 e. The van der Waals surface area contributed by atoms with Crippen molar-refractivity contribution < 1.29 is 38.3 Å². The van der Waals surface area contributed by atoms with E-state index in [9.17, 15) is 29.3 Å². The zero-order chi connectivity index (χ0) is 50.5. The first-order chi connectivity index (χ1) is 32.6. The molecule has 394 valence electrons. The summed E-state index contributed by atoms with van der Waals surface area (Å²) >= 11 is 0. The van der Waals surface area contributed by atoms with Gasteiger partial charge >= 0.3 is 19.8 Å². The second kappa shape index (κ2) is 26.3. The van der Waals surface area contributed by atoms with Crippen molar-refractivity contribution in [3.05, 3.63) is 46.5 Å². The molecule has 3 saturated carbocycles. The van der Waals surface area contributed by atoms with Crippen LogP contribution in [-0.2, 0) is 42.5 Å². The summed E-state index contributed by atoms with van der Waals surface area (Å²) in [5.74, 6) is 3.19. The summed E-state index contributed by atoms with van der Waals surface area (Å²) in [7, 11) is -4.09. The molecule has 8 nitrogen and oxygen atoms in total. The average molecular weight is 981 g/mol. The molecular formula is C60H101O8P.